The maximum absolute atomic E-state index is 12.2. The van der Waals surface area contributed by atoms with Gasteiger partial charge in [0, 0.05) is 23.5 Å². The monoisotopic (exact) mass is 453 g/mol. The molecule has 0 heterocycles. The van der Waals surface area contributed by atoms with Crippen LogP contribution in [-0.2, 0) is 9.53 Å². The first-order valence-electron chi connectivity index (χ1n) is 11.0. The summed E-state index contributed by atoms with van der Waals surface area (Å²) in [6.07, 6.45) is -0.762. The van der Waals surface area contributed by atoms with Gasteiger partial charge in [0.25, 0.3) is 0 Å². The zero-order valence-corrected chi connectivity index (χ0v) is 18.4. The zero-order chi connectivity index (χ0) is 23.9. The molecule has 1 aliphatic carbocycles. The molecule has 34 heavy (non-hydrogen) atoms. The average molecular weight is 453 g/mol. The summed E-state index contributed by atoms with van der Waals surface area (Å²) >= 11 is 0. The van der Waals surface area contributed by atoms with Crippen LogP contribution in [0.3, 0.4) is 0 Å². The van der Waals surface area contributed by atoms with E-state index in [1.54, 1.807) is 24.3 Å². The van der Waals surface area contributed by atoms with Crippen molar-refractivity contribution in [3.05, 3.63) is 95.1 Å². The van der Waals surface area contributed by atoms with Gasteiger partial charge in [-0.3, -0.25) is 9.59 Å². The molecule has 170 valence electrons. The lowest BCUT2D eigenvalue weighted by Gasteiger charge is -2.14. The number of benzene rings is 3. The summed E-state index contributed by atoms with van der Waals surface area (Å²) in [5.74, 6) is 4.55. The molecule has 6 heteroatoms. The highest BCUT2D eigenvalue weighted by Crippen LogP contribution is 2.44. The Morgan fingerprint density at radius 1 is 0.853 bits per heavy atom. The smallest absolute Gasteiger partial charge is 0.407 e. The van der Waals surface area contributed by atoms with Crippen molar-refractivity contribution in [3.8, 4) is 23.0 Å². The lowest BCUT2D eigenvalue weighted by Crippen LogP contribution is -2.26. The highest BCUT2D eigenvalue weighted by atomic mass is 16.5. The van der Waals surface area contributed by atoms with Crippen molar-refractivity contribution in [2.24, 2.45) is 0 Å². The van der Waals surface area contributed by atoms with Crippen molar-refractivity contribution in [2.45, 2.75) is 18.8 Å². The highest BCUT2D eigenvalue weighted by molar-refractivity contribution is 5.97. The number of amides is 1. The van der Waals surface area contributed by atoms with Gasteiger partial charge in [-0.1, -0.05) is 72.5 Å². The summed E-state index contributed by atoms with van der Waals surface area (Å²) < 4.78 is 5.48. The van der Waals surface area contributed by atoms with E-state index in [1.807, 2.05) is 24.3 Å². The normalized spacial score (nSPS) is 11.5. The summed E-state index contributed by atoms with van der Waals surface area (Å²) in [5, 5.41) is 11.3. The third kappa shape index (κ3) is 5.33. The van der Waals surface area contributed by atoms with Gasteiger partial charge in [-0.15, -0.1) is 0 Å². The number of carboxylic acids is 1. The fourth-order valence-corrected chi connectivity index (χ4v) is 4.02. The molecule has 6 nitrogen and oxygen atoms in total. The number of fused-ring (bicyclic) bond motifs is 3. The van der Waals surface area contributed by atoms with Crippen molar-refractivity contribution in [1.82, 2.24) is 5.32 Å². The summed E-state index contributed by atoms with van der Waals surface area (Å²) in [4.78, 5) is 34.7. The number of hydrogen-bond acceptors (Lipinski definition) is 4. The number of carboxylic acid groups (broad SMARTS) is 1. The largest absolute Gasteiger partial charge is 0.481 e. The number of hydrogen-bond donors (Lipinski definition) is 2. The van der Waals surface area contributed by atoms with Crippen molar-refractivity contribution in [2.75, 3.05) is 13.2 Å². The molecule has 0 spiro atoms. The van der Waals surface area contributed by atoms with Gasteiger partial charge in [0.15, 0.2) is 5.78 Å². The van der Waals surface area contributed by atoms with Gasteiger partial charge < -0.3 is 15.2 Å². The quantitative estimate of drug-likeness (QED) is 0.402. The number of Topliss-reactive ketones (excluding diaryl/α,β-unsaturated/α-hetero) is 1. The van der Waals surface area contributed by atoms with Crippen LogP contribution in [-0.4, -0.2) is 36.1 Å². The number of nitrogens with one attached hydrogen (secondary N) is 1. The molecule has 3 aromatic carbocycles. The molecule has 0 bridgehead atoms. The zero-order valence-electron chi connectivity index (χ0n) is 18.4. The predicted octanol–water partition coefficient (Wildman–Crippen LogP) is 4.62. The molecule has 2 N–H and O–H groups in total. The Morgan fingerprint density at radius 2 is 1.47 bits per heavy atom. The van der Waals surface area contributed by atoms with Gasteiger partial charge in [0.1, 0.15) is 6.61 Å². The van der Waals surface area contributed by atoms with E-state index in [2.05, 4.69) is 41.4 Å². The standard InChI is InChI=1S/C28H23NO5/c30-26(15-16-27(31)32)20-13-11-19(12-14-20)6-5-17-29-28(33)34-18-25-23-9-3-1-7-21(23)22-8-2-4-10-24(22)25/h1-4,7-14,25H,15-18H2,(H,29,33)(H,31,32). The first-order valence-corrected chi connectivity index (χ1v) is 11.0. The third-order valence-electron chi connectivity index (χ3n) is 5.67. The molecule has 0 aliphatic heterocycles. The first-order chi connectivity index (χ1) is 16.5. The van der Waals surface area contributed by atoms with Crippen LogP contribution in [0.4, 0.5) is 4.79 Å². The maximum Gasteiger partial charge on any atom is 0.407 e. The minimum Gasteiger partial charge on any atom is -0.481 e. The van der Waals surface area contributed by atoms with Crippen LogP contribution >= 0.6 is 0 Å². The molecule has 1 aliphatic rings. The lowest BCUT2D eigenvalue weighted by atomic mass is 9.98. The number of rotatable bonds is 7. The number of aliphatic carboxylic acids is 1. The van der Waals surface area contributed by atoms with Crippen molar-refractivity contribution >= 4 is 17.8 Å². The fraction of sp³-hybridized carbons (Fsp3) is 0.179. The summed E-state index contributed by atoms with van der Waals surface area (Å²) in [6, 6.07) is 22.9. The Morgan fingerprint density at radius 3 is 2.09 bits per heavy atom. The molecular formula is C28H23NO5. The van der Waals surface area contributed by atoms with E-state index in [-0.39, 0.29) is 37.7 Å². The Labute approximate surface area is 197 Å². The Bertz CT molecular complexity index is 1240. The molecule has 3 aromatic rings. The van der Waals surface area contributed by atoms with E-state index in [1.165, 1.54) is 11.1 Å². The summed E-state index contributed by atoms with van der Waals surface area (Å²) in [5.41, 5.74) is 5.79. The minimum absolute atomic E-state index is 0.000887. The second kappa shape index (κ2) is 10.5. The van der Waals surface area contributed by atoms with Crippen LogP contribution < -0.4 is 5.32 Å². The topological polar surface area (TPSA) is 92.7 Å². The van der Waals surface area contributed by atoms with Gasteiger partial charge in [-0.05, 0) is 34.4 Å². The molecule has 0 radical (unpaired) electrons. The molecule has 0 saturated heterocycles. The van der Waals surface area contributed by atoms with Gasteiger partial charge in [0.05, 0.1) is 13.0 Å². The molecule has 0 unspecified atom stereocenters. The highest BCUT2D eigenvalue weighted by Gasteiger charge is 2.28. The third-order valence-corrected chi connectivity index (χ3v) is 5.67. The van der Waals surface area contributed by atoms with E-state index in [9.17, 15) is 14.4 Å². The lowest BCUT2D eigenvalue weighted by molar-refractivity contribution is -0.136. The number of alkyl carbamates (subject to hydrolysis) is 1. The number of ether oxygens (including phenoxy) is 1. The molecular weight excluding hydrogens is 430 g/mol. The van der Waals surface area contributed by atoms with Crippen molar-refractivity contribution in [3.63, 3.8) is 0 Å². The SMILES string of the molecule is O=C(O)CCC(=O)c1ccc(C#CCNC(=O)OCC2c3ccccc3-c3ccccc32)cc1. The van der Waals surface area contributed by atoms with Gasteiger partial charge in [-0.2, -0.15) is 0 Å². The van der Waals surface area contributed by atoms with E-state index in [4.69, 9.17) is 9.84 Å². The number of carbonyl (C=O) groups excluding carboxylic acids is 2. The first kappa shape index (κ1) is 22.8. The Hall–Kier alpha value is -4.37. The Balaban J connectivity index is 1.27. The molecule has 0 fully saturated rings. The van der Waals surface area contributed by atoms with Crippen LogP contribution in [0.25, 0.3) is 11.1 Å². The average Bonchev–Trinajstić information content (AvgIpc) is 3.18. The molecule has 4 rings (SSSR count). The van der Waals surface area contributed by atoms with Crippen molar-refractivity contribution in [1.29, 1.82) is 0 Å². The van der Waals surface area contributed by atoms with E-state index < -0.39 is 12.1 Å². The summed E-state index contributed by atoms with van der Waals surface area (Å²) in [6.45, 7) is 0.362. The maximum atomic E-state index is 12.2. The molecule has 0 aromatic heterocycles. The van der Waals surface area contributed by atoms with Crippen LogP contribution in [0.5, 0.6) is 0 Å². The number of ketones is 1. The van der Waals surface area contributed by atoms with Crippen LogP contribution in [0, 0.1) is 11.8 Å². The van der Waals surface area contributed by atoms with E-state index >= 15 is 0 Å². The summed E-state index contributed by atoms with van der Waals surface area (Å²) in [7, 11) is 0. The Kier molecular flexibility index (Phi) is 7.04. The van der Waals surface area contributed by atoms with Crippen LogP contribution in [0.2, 0.25) is 0 Å². The molecule has 0 saturated carbocycles. The van der Waals surface area contributed by atoms with Crippen LogP contribution in [0.15, 0.2) is 72.8 Å². The van der Waals surface area contributed by atoms with Crippen LogP contribution in [0.1, 0.15) is 45.8 Å². The fourth-order valence-electron chi connectivity index (χ4n) is 4.02. The second-order valence-corrected chi connectivity index (χ2v) is 7.88. The van der Waals surface area contributed by atoms with Gasteiger partial charge in [-0.25, -0.2) is 4.79 Å². The van der Waals surface area contributed by atoms with Gasteiger partial charge >= 0.3 is 12.1 Å². The van der Waals surface area contributed by atoms with Gasteiger partial charge in [0.2, 0.25) is 0 Å². The second-order valence-electron chi connectivity index (χ2n) is 7.88. The van der Waals surface area contributed by atoms with Crippen molar-refractivity contribution < 1.29 is 24.2 Å². The van der Waals surface area contributed by atoms with E-state index in [0.717, 1.165) is 11.1 Å². The molecule has 0 atom stereocenters. The van der Waals surface area contributed by atoms with E-state index in [0.29, 0.717) is 11.1 Å². The minimum atomic E-state index is -1.00. The predicted molar refractivity (Wildman–Crippen MR) is 128 cm³/mol. The number of carbonyl (C=O) groups is 3. The molecule has 1 amide bonds.